The summed E-state index contributed by atoms with van der Waals surface area (Å²) < 4.78 is 5.39. The van der Waals surface area contributed by atoms with Crippen molar-refractivity contribution in [2.45, 2.75) is 40.5 Å². The van der Waals surface area contributed by atoms with E-state index < -0.39 is 0 Å². The molecule has 0 amide bonds. The summed E-state index contributed by atoms with van der Waals surface area (Å²) in [5.41, 5.74) is 6.47. The second-order valence-electron chi connectivity index (χ2n) is 6.14. The van der Waals surface area contributed by atoms with Gasteiger partial charge >= 0.3 is 0 Å². The fraction of sp³-hybridized carbons (Fsp3) is 1.00. The molecule has 0 saturated carbocycles. The van der Waals surface area contributed by atoms with Crippen molar-refractivity contribution in [2.75, 3.05) is 19.8 Å². The van der Waals surface area contributed by atoms with Crippen LogP contribution in [0.5, 0.6) is 0 Å². The number of rotatable bonds is 5. The molecule has 0 unspecified atom stereocenters. The molecular formula is C12H25NO. The molecule has 1 rings (SSSR count). The van der Waals surface area contributed by atoms with Crippen molar-refractivity contribution in [2.24, 2.45) is 22.5 Å². The summed E-state index contributed by atoms with van der Waals surface area (Å²) in [6, 6.07) is 0. The van der Waals surface area contributed by atoms with Crippen LogP contribution in [0.15, 0.2) is 0 Å². The van der Waals surface area contributed by atoms with Gasteiger partial charge in [-0.15, -0.1) is 0 Å². The highest BCUT2D eigenvalue weighted by atomic mass is 16.5. The monoisotopic (exact) mass is 199 g/mol. The third-order valence-corrected chi connectivity index (χ3v) is 3.06. The first kappa shape index (κ1) is 12.0. The Morgan fingerprint density at radius 3 is 2.21 bits per heavy atom. The van der Waals surface area contributed by atoms with Gasteiger partial charge in [0.25, 0.3) is 0 Å². The molecule has 0 aliphatic carbocycles. The van der Waals surface area contributed by atoms with Gasteiger partial charge in [-0.25, -0.2) is 0 Å². The summed E-state index contributed by atoms with van der Waals surface area (Å²) in [6.45, 7) is 11.7. The number of hydrogen-bond donors (Lipinski definition) is 1. The van der Waals surface area contributed by atoms with Crippen molar-refractivity contribution in [1.29, 1.82) is 0 Å². The van der Waals surface area contributed by atoms with E-state index in [0.717, 1.165) is 25.7 Å². The van der Waals surface area contributed by atoms with E-state index in [2.05, 4.69) is 27.7 Å². The molecule has 0 radical (unpaired) electrons. The predicted octanol–water partition coefficient (Wildman–Crippen LogP) is 2.42. The maximum absolute atomic E-state index is 5.78. The molecule has 14 heavy (non-hydrogen) atoms. The topological polar surface area (TPSA) is 35.2 Å². The summed E-state index contributed by atoms with van der Waals surface area (Å²) in [4.78, 5) is 0. The maximum Gasteiger partial charge on any atom is 0.0545 e. The first-order valence-corrected chi connectivity index (χ1v) is 5.67. The van der Waals surface area contributed by atoms with E-state index in [9.17, 15) is 0 Å². The molecule has 0 aromatic heterocycles. The van der Waals surface area contributed by atoms with E-state index in [4.69, 9.17) is 10.5 Å². The lowest BCUT2D eigenvalue weighted by atomic mass is 9.68. The van der Waals surface area contributed by atoms with E-state index in [1.807, 2.05) is 0 Å². The second kappa shape index (κ2) is 4.19. The normalized spacial score (nSPS) is 21.0. The van der Waals surface area contributed by atoms with Crippen molar-refractivity contribution in [1.82, 2.24) is 0 Å². The Kier molecular flexibility index (Phi) is 3.59. The molecular weight excluding hydrogens is 174 g/mol. The quantitative estimate of drug-likeness (QED) is 0.738. The van der Waals surface area contributed by atoms with Crippen LogP contribution in [0.1, 0.15) is 40.5 Å². The van der Waals surface area contributed by atoms with Crippen LogP contribution in [-0.2, 0) is 4.74 Å². The van der Waals surface area contributed by atoms with Gasteiger partial charge in [0.1, 0.15) is 0 Å². The Labute approximate surface area is 88.2 Å². The van der Waals surface area contributed by atoms with Gasteiger partial charge in [0.15, 0.2) is 0 Å². The van der Waals surface area contributed by atoms with Gasteiger partial charge in [0, 0.05) is 5.41 Å². The standard InChI is InChI=1S/C12H25NO/c1-10(2)5-12(8-14-9-12)6-11(3,4)7-13/h10H,5-9,13H2,1-4H3. The van der Waals surface area contributed by atoms with Crippen molar-refractivity contribution >= 4 is 0 Å². The Hall–Kier alpha value is -0.0800. The molecule has 1 aliphatic heterocycles. The summed E-state index contributed by atoms with van der Waals surface area (Å²) in [5.74, 6) is 0.757. The van der Waals surface area contributed by atoms with Crippen LogP contribution < -0.4 is 5.73 Å². The van der Waals surface area contributed by atoms with E-state index in [-0.39, 0.29) is 5.41 Å². The molecule has 2 nitrogen and oxygen atoms in total. The molecule has 2 heteroatoms. The summed E-state index contributed by atoms with van der Waals surface area (Å²) in [7, 11) is 0. The zero-order valence-corrected chi connectivity index (χ0v) is 10.1. The first-order chi connectivity index (χ1) is 6.39. The van der Waals surface area contributed by atoms with Crippen molar-refractivity contribution in [3.63, 3.8) is 0 Å². The van der Waals surface area contributed by atoms with Crippen molar-refractivity contribution in [3.8, 4) is 0 Å². The fourth-order valence-electron chi connectivity index (χ4n) is 2.64. The van der Waals surface area contributed by atoms with Gasteiger partial charge in [0.05, 0.1) is 13.2 Å². The van der Waals surface area contributed by atoms with E-state index in [0.29, 0.717) is 5.41 Å². The van der Waals surface area contributed by atoms with Gasteiger partial charge in [-0.3, -0.25) is 0 Å². The minimum absolute atomic E-state index is 0.263. The van der Waals surface area contributed by atoms with Crippen LogP contribution in [0.4, 0.5) is 0 Å². The Balaban J connectivity index is 2.53. The third-order valence-electron chi connectivity index (χ3n) is 3.06. The van der Waals surface area contributed by atoms with Crippen molar-refractivity contribution < 1.29 is 4.74 Å². The van der Waals surface area contributed by atoms with Crippen LogP contribution in [0.25, 0.3) is 0 Å². The number of nitrogens with two attached hydrogens (primary N) is 1. The Bertz CT molecular complexity index is 183. The highest BCUT2D eigenvalue weighted by molar-refractivity contribution is 4.91. The lowest BCUT2D eigenvalue weighted by molar-refractivity contribution is -0.141. The van der Waals surface area contributed by atoms with Gasteiger partial charge in [0.2, 0.25) is 0 Å². The minimum atomic E-state index is 0.263. The van der Waals surface area contributed by atoms with E-state index >= 15 is 0 Å². The number of hydrogen-bond acceptors (Lipinski definition) is 2. The second-order valence-corrected chi connectivity index (χ2v) is 6.14. The third kappa shape index (κ3) is 2.96. The average Bonchev–Trinajstić information content (AvgIpc) is 1.99. The van der Waals surface area contributed by atoms with Gasteiger partial charge in [-0.1, -0.05) is 27.7 Å². The molecule has 0 spiro atoms. The number of ether oxygens (including phenoxy) is 1. The molecule has 0 aromatic rings. The average molecular weight is 199 g/mol. The highest BCUT2D eigenvalue weighted by Crippen LogP contribution is 2.43. The SMILES string of the molecule is CC(C)CC1(CC(C)(C)CN)COC1. The zero-order chi connectivity index (χ0) is 10.8. The summed E-state index contributed by atoms with van der Waals surface area (Å²) >= 11 is 0. The van der Waals surface area contributed by atoms with Gasteiger partial charge < -0.3 is 10.5 Å². The summed E-state index contributed by atoms with van der Waals surface area (Å²) in [6.07, 6.45) is 2.48. The van der Waals surface area contributed by atoms with Crippen LogP contribution in [0, 0.1) is 16.7 Å². The smallest absolute Gasteiger partial charge is 0.0545 e. The molecule has 1 heterocycles. The van der Waals surface area contributed by atoms with Gasteiger partial charge in [-0.05, 0) is 30.7 Å². The van der Waals surface area contributed by atoms with E-state index in [1.54, 1.807) is 0 Å². The van der Waals surface area contributed by atoms with Gasteiger partial charge in [-0.2, -0.15) is 0 Å². The fourth-order valence-corrected chi connectivity index (χ4v) is 2.64. The lowest BCUT2D eigenvalue weighted by Crippen LogP contribution is -2.47. The Morgan fingerprint density at radius 2 is 1.93 bits per heavy atom. The molecule has 84 valence electrons. The molecule has 0 atom stereocenters. The zero-order valence-electron chi connectivity index (χ0n) is 10.1. The Morgan fingerprint density at radius 1 is 1.36 bits per heavy atom. The molecule has 1 saturated heterocycles. The highest BCUT2D eigenvalue weighted by Gasteiger charge is 2.42. The maximum atomic E-state index is 5.78. The lowest BCUT2D eigenvalue weighted by Gasteiger charge is -2.47. The predicted molar refractivity (Wildman–Crippen MR) is 60.2 cm³/mol. The molecule has 1 fully saturated rings. The molecule has 1 aliphatic rings. The van der Waals surface area contributed by atoms with Crippen LogP contribution in [0.2, 0.25) is 0 Å². The first-order valence-electron chi connectivity index (χ1n) is 5.67. The molecule has 0 aromatic carbocycles. The molecule has 2 N–H and O–H groups in total. The van der Waals surface area contributed by atoms with Crippen LogP contribution >= 0.6 is 0 Å². The van der Waals surface area contributed by atoms with Crippen LogP contribution in [-0.4, -0.2) is 19.8 Å². The van der Waals surface area contributed by atoms with Crippen LogP contribution in [0.3, 0.4) is 0 Å². The minimum Gasteiger partial charge on any atom is -0.380 e. The largest absolute Gasteiger partial charge is 0.380 e. The molecule has 0 bridgehead atoms. The van der Waals surface area contributed by atoms with Crippen molar-refractivity contribution in [3.05, 3.63) is 0 Å². The van der Waals surface area contributed by atoms with E-state index in [1.165, 1.54) is 12.8 Å². The summed E-state index contributed by atoms with van der Waals surface area (Å²) in [5, 5.41) is 0.